The fraction of sp³-hybridized carbons (Fsp3) is 0.667. The van der Waals surface area contributed by atoms with E-state index in [-0.39, 0.29) is 0 Å². The molecule has 2 N–H and O–H groups in total. The molecule has 2 rings (SSSR count). The second-order valence-corrected chi connectivity index (χ2v) is 5.82. The van der Waals surface area contributed by atoms with Crippen molar-refractivity contribution in [2.45, 2.75) is 20.3 Å². The lowest BCUT2D eigenvalue weighted by molar-refractivity contribution is 0.161. The highest BCUT2D eigenvalue weighted by atomic mass is 16.5. The van der Waals surface area contributed by atoms with E-state index in [1.165, 1.54) is 0 Å². The fourth-order valence-corrected chi connectivity index (χ4v) is 2.39. The molecule has 1 aliphatic rings. The summed E-state index contributed by atoms with van der Waals surface area (Å²) in [4.78, 5) is 6.83. The minimum atomic E-state index is 0.456. The number of nitrogens with zero attached hydrogens (tertiary/aromatic N) is 2. The third kappa shape index (κ3) is 3.76. The Labute approximate surface area is 121 Å². The summed E-state index contributed by atoms with van der Waals surface area (Å²) < 4.78 is 10.9. The Hall–Kier alpha value is -1.49. The monoisotopic (exact) mass is 279 g/mol. The van der Waals surface area contributed by atoms with Gasteiger partial charge in [0.1, 0.15) is 5.82 Å². The maximum atomic E-state index is 5.92. The van der Waals surface area contributed by atoms with Crippen LogP contribution in [0.25, 0.3) is 0 Å². The topological polar surface area (TPSA) is 60.6 Å². The van der Waals surface area contributed by atoms with Crippen LogP contribution in [0.3, 0.4) is 0 Å². The number of hydrogen-bond acceptors (Lipinski definition) is 5. The van der Waals surface area contributed by atoms with E-state index >= 15 is 0 Å². The van der Waals surface area contributed by atoms with Crippen molar-refractivity contribution in [2.75, 3.05) is 44.0 Å². The van der Waals surface area contributed by atoms with Crippen LogP contribution in [0.5, 0.6) is 5.88 Å². The van der Waals surface area contributed by atoms with Crippen molar-refractivity contribution in [1.82, 2.24) is 4.98 Å². The van der Waals surface area contributed by atoms with E-state index in [2.05, 4.69) is 23.7 Å². The molecule has 0 aliphatic carbocycles. The van der Waals surface area contributed by atoms with Crippen LogP contribution in [0, 0.1) is 11.8 Å². The number of rotatable bonds is 6. The van der Waals surface area contributed by atoms with Crippen molar-refractivity contribution in [1.29, 1.82) is 0 Å². The Kier molecular flexibility index (Phi) is 5.06. The van der Waals surface area contributed by atoms with Crippen LogP contribution in [-0.4, -0.2) is 38.4 Å². The van der Waals surface area contributed by atoms with E-state index in [1.807, 2.05) is 12.1 Å². The van der Waals surface area contributed by atoms with Crippen LogP contribution in [0.15, 0.2) is 12.1 Å². The van der Waals surface area contributed by atoms with Gasteiger partial charge in [-0.1, -0.05) is 13.8 Å². The third-order valence-corrected chi connectivity index (χ3v) is 3.44. The molecule has 0 saturated carbocycles. The minimum Gasteiger partial charge on any atom is -0.476 e. The smallest absolute Gasteiger partial charge is 0.239 e. The first-order valence-corrected chi connectivity index (χ1v) is 7.23. The molecule has 5 nitrogen and oxygen atoms in total. The highest BCUT2D eigenvalue weighted by Gasteiger charge is 2.23. The highest BCUT2D eigenvalue weighted by molar-refractivity contribution is 5.54. The second-order valence-electron chi connectivity index (χ2n) is 5.82. The summed E-state index contributed by atoms with van der Waals surface area (Å²) in [7, 11) is 1.75. The molecule has 5 heteroatoms. The van der Waals surface area contributed by atoms with Crippen LogP contribution in [-0.2, 0) is 4.74 Å². The minimum absolute atomic E-state index is 0.456. The number of pyridine rings is 1. The molecule has 1 aromatic rings. The number of aromatic nitrogens is 1. The van der Waals surface area contributed by atoms with Crippen LogP contribution < -0.4 is 15.4 Å². The van der Waals surface area contributed by atoms with E-state index in [0.717, 1.165) is 31.9 Å². The van der Waals surface area contributed by atoms with Gasteiger partial charge >= 0.3 is 0 Å². The van der Waals surface area contributed by atoms with Gasteiger partial charge in [-0.05, 0) is 24.5 Å². The summed E-state index contributed by atoms with van der Waals surface area (Å²) in [5.74, 6) is 2.53. The molecule has 1 aromatic heterocycles. The number of ether oxygens (including phenoxy) is 2. The van der Waals surface area contributed by atoms with Crippen molar-refractivity contribution in [3.05, 3.63) is 12.1 Å². The van der Waals surface area contributed by atoms with Gasteiger partial charge in [-0.2, -0.15) is 4.98 Å². The Morgan fingerprint density at radius 3 is 2.95 bits per heavy atom. The number of hydrogen-bond donors (Lipinski definition) is 1. The van der Waals surface area contributed by atoms with Gasteiger partial charge in [-0.3, -0.25) is 0 Å². The van der Waals surface area contributed by atoms with E-state index in [4.69, 9.17) is 15.2 Å². The molecule has 0 radical (unpaired) electrons. The Balaban J connectivity index is 2.03. The summed E-state index contributed by atoms with van der Waals surface area (Å²) in [5, 5.41) is 0. The lowest BCUT2D eigenvalue weighted by atomic mass is 10.1. The third-order valence-electron chi connectivity index (χ3n) is 3.44. The summed E-state index contributed by atoms with van der Waals surface area (Å²) in [5.41, 5.74) is 6.52. The molecule has 0 bridgehead atoms. The average Bonchev–Trinajstić information content (AvgIpc) is 2.87. The fourth-order valence-electron chi connectivity index (χ4n) is 2.39. The molecule has 0 spiro atoms. The number of nitrogen functional groups attached to an aromatic ring is 1. The molecule has 1 aliphatic heterocycles. The molecular weight excluding hydrogens is 254 g/mol. The largest absolute Gasteiger partial charge is 0.476 e. The summed E-state index contributed by atoms with van der Waals surface area (Å²) in [6.45, 7) is 7.64. The number of anilines is 2. The predicted octanol–water partition coefficient (Wildman–Crippen LogP) is 2.17. The van der Waals surface area contributed by atoms with Gasteiger partial charge in [0.15, 0.2) is 0 Å². The van der Waals surface area contributed by atoms with Crippen molar-refractivity contribution in [3.63, 3.8) is 0 Å². The normalized spacial score (nSPS) is 18.8. The van der Waals surface area contributed by atoms with Gasteiger partial charge in [-0.15, -0.1) is 0 Å². The van der Waals surface area contributed by atoms with Crippen molar-refractivity contribution in [2.24, 2.45) is 11.8 Å². The molecule has 1 unspecified atom stereocenters. The van der Waals surface area contributed by atoms with Crippen molar-refractivity contribution in [3.8, 4) is 5.88 Å². The quantitative estimate of drug-likeness (QED) is 0.864. The lowest BCUT2D eigenvalue weighted by Crippen LogP contribution is -2.22. The first-order chi connectivity index (χ1) is 9.60. The highest BCUT2D eigenvalue weighted by Crippen LogP contribution is 2.27. The van der Waals surface area contributed by atoms with Gasteiger partial charge in [0.2, 0.25) is 5.88 Å². The number of nitrogens with two attached hydrogens (primary N) is 1. The molecule has 1 saturated heterocycles. The Morgan fingerprint density at radius 2 is 2.25 bits per heavy atom. The molecule has 2 heterocycles. The maximum Gasteiger partial charge on any atom is 0.239 e. The summed E-state index contributed by atoms with van der Waals surface area (Å²) >= 11 is 0. The second kappa shape index (κ2) is 6.79. The zero-order valence-corrected chi connectivity index (χ0v) is 12.6. The first-order valence-electron chi connectivity index (χ1n) is 7.23. The molecular formula is C15H25N3O2. The van der Waals surface area contributed by atoms with Crippen LogP contribution >= 0.6 is 0 Å². The van der Waals surface area contributed by atoms with Gasteiger partial charge in [0.25, 0.3) is 0 Å². The zero-order chi connectivity index (χ0) is 14.5. The molecule has 1 atom stereocenters. The SMILES string of the molecule is COCC1CCN(c2ccc(N)c(OCC(C)C)n2)C1. The van der Waals surface area contributed by atoms with Gasteiger partial charge in [-0.25, -0.2) is 0 Å². The van der Waals surface area contributed by atoms with Gasteiger partial charge in [0.05, 0.1) is 18.9 Å². The lowest BCUT2D eigenvalue weighted by Gasteiger charge is -2.19. The number of methoxy groups -OCH3 is 1. The van der Waals surface area contributed by atoms with E-state index in [9.17, 15) is 0 Å². The van der Waals surface area contributed by atoms with Crippen LogP contribution in [0.1, 0.15) is 20.3 Å². The molecule has 1 fully saturated rings. The van der Waals surface area contributed by atoms with Crippen LogP contribution in [0.2, 0.25) is 0 Å². The predicted molar refractivity (Wildman–Crippen MR) is 81.2 cm³/mol. The zero-order valence-electron chi connectivity index (χ0n) is 12.6. The Bertz CT molecular complexity index is 437. The van der Waals surface area contributed by atoms with Crippen LogP contribution in [0.4, 0.5) is 11.5 Å². The molecule has 20 heavy (non-hydrogen) atoms. The molecule has 112 valence electrons. The Morgan fingerprint density at radius 1 is 1.45 bits per heavy atom. The summed E-state index contributed by atoms with van der Waals surface area (Å²) in [6, 6.07) is 3.84. The van der Waals surface area contributed by atoms with E-state index in [0.29, 0.717) is 30.0 Å². The van der Waals surface area contributed by atoms with Crippen molar-refractivity contribution < 1.29 is 9.47 Å². The van der Waals surface area contributed by atoms with Gasteiger partial charge in [0, 0.05) is 26.1 Å². The average molecular weight is 279 g/mol. The van der Waals surface area contributed by atoms with Crippen molar-refractivity contribution >= 4 is 11.5 Å². The van der Waals surface area contributed by atoms with E-state index < -0.39 is 0 Å². The maximum absolute atomic E-state index is 5.92. The summed E-state index contributed by atoms with van der Waals surface area (Å²) in [6.07, 6.45) is 1.14. The van der Waals surface area contributed by atoms with E-state index in [1.54, 1.807) is 7.11 Å². The standard InChI is InChI=1S/C15H25N3O2/c1-11(2)9-20-15-13(16)4-5-14(17-15)18-7-6-12(8-18)10-19-3/h4-5,11-12H,6-10,16H2,1-3H3. The molecule has 0 aromatic carbocycles. The first kappa shape index (κ1) is 14.9. The molecule has 0 amide bonds. The van der Waals surface area contributed by atoms with Gasteiger partial charge < -0.3 is 20.1 Å².